The van der Waals surface area contributed by atoms with E-state index in [2.05, 4.69) is 50.0 Å². The minimum absolute atomic E-state index is 0.00497. The van der Waals surface area contributed by atoms with Crippen LogP contribution in [0.4, 0.5) is 4.39 Å². The molecule has 0 aliphatic carbocycles. The highest BCUT2D eigenvalue weighted by Gasteiger charge is 2.50. The fraction of sp³-hybridized carbons (Fsp3) is 0.222. The first-order valence-electron chi connectivity index (χ1n) is 11.2. The summed E-state index contributed by atoms with van der Waals surface area (Å²) in [6.45, 7) is 6.89. The maximum Gasteiger partial charge on any atom is 0.261 e. The number of aromatic amines is 1. The lowest BCUT2D eigenvalue weighted by Crippen LogP contribution is -2.66. The highest BCUT2D eigenvalue weighted by molar-refractivity contribution is 7.71. The van der Waals surface area contributed by atoms with Crippen LogP contribution in [-0.2, 0) is 4.43 Å². The zero-order chi connectivity index (χ0) is 24.3. The second kappa shape index (κ2) is 9.70. The van der Waals surface area contributed by atoms with E-state index < -0.39 is 14.4 Å². The molecule has 7 heteroatoms. The van der Waals surface area contributed by atoms with Gasteiger partial charge in [-0.3, -0.25) is 4.57 Å². The molecule has 1 aromatic heterocycles. The van der Waals surface area contributed by atoms with Gasteiger partial charge in [0, 0.05) is 0 Å². The first-order chi connectivity index (χ1) is 16.2. The summed E-state index contributed by atoms with van der Waals surface area (Å²) >= 11 is 5.47. The molecular formula is C27H29FN2O2SSi. The molecule has 1 heterocycles. The van der Waals surface area contributed by atoms with Crippen molar-refractivity contribution >= 4 is 30.9 Å². The van der Waals surface area contributed by atoms with Crippen LogP contribution in [0.1, 0.15) is 32.4 Å². The molecule has 0 spiro atoms. The molecule has 0 aliphatic rings. The van der Waals surface area contributed by atoms with Crippen molar-refractivity contribution in [3.63, 3.8) is 0 Å². The van der Waals surface area contributed by atoms with Crippen LogP contribution in [-0.4, -0.2) is 29.6 Å². The van der Waals surface area contributed by atoms with Crippen molar-refractivity contribution < 1.29 is 13.9 Å². The Morgan fingerprint density at radius 2 is 1.47 bits per heavy atom. The van der Waals surface area contributed by atoms with Crippen molar-refractivity contribution in [3.8, 4) is 5.88 Å². The third kappa shape index (κ3) is 4.51. The fourth-order valence-corrected chi connectivity index (χ4v) is 9.48. The van der Waals surface area contributed by atoms with Gasteiger partial charge in [0.25, 0.3) is 8.32 Å². The number of nitrogens with one attached hydrogen (secondary N) is 1. The predicted molar refractivity (Wildman–Crippen MR) is 139 cm³/mol. The molecular weight excluding hydrogens is 463 g/mol. The number of hydrogen-bond acceptors (Lipinski definition) is 3. The summed E-state index contributed by atoms with van der Waals surface area (Å²) in [5, 5.41) is 12.7. The van der Waals surface area contributed by atoms with Gasteiger partial charge in [0.15, 0.2) is 4.77 Å². The van der Waals surface area contributed by atoms with Crippen LogP contribution in [0.15, 0.2) is 91.1 Å². The molecule has 0 saturated carbocycles. The normalized spacial score (nSPS) is 13.1. The molecule has 4 nitrogen and oxygen atoms in total. The molecule has 0 saturated heterocycles. The van der Waals surface area contributed by atoms with Crippen LogP contribution in [0.3, 0.4) is 0 Å². The molecule has 0 radical (unpaired) electrons. The summed E-state index contributed by atoms with van der Waals surface area (Å²) in [4.78, 5) is 2.90. The van der Waals surface area contributed by atoms with Crippen molar-refractivity contribution in [2.75, 3.05) is 6.61 Å². The molecule has 4 rings (SSSR count). The fourth-order valence-electron chi connectivity index (χ4n) is 4.64. The van der Waals surface area contributed by atoms with Crippen molar-refractivity contribution in [3.05, 3.63) is 107 Å². The Morgan fingerprint density at radius 3 is 1.91 bits per heavy atom. The van der Waals surface area contributed by atoms with Crippen molar-refractivity contribution in [2.45, 2.75) is 31.9 Å². The first kappa shape index (κ1) is 24.1. The molecule has 176 valence electrons. The monoisotopic (exact) mass is 492 g/mol. The number of benzene rings is 3. The molecule has 3 aromatic carbocycles. The van der Waals surface area contributed by atoms with Gasteiger partial charge in [-0.25, -0.2) is 4.39 Å². The minimum atomic E-state index is -2.82. The molecule has 0 aliphatic heterocycles. The van der Waals surface area contributed by atoms with Gasteiger partial charge in [0.05, 0.1) is 18.8 Å². The Hall–Kier alpha value is -3.00. The number of imidazole rings is 1. The number of rotatable bonds is 7. The molecule has 1 atom stereocenters. The van der Waals surface area contributed by atoms with Gasteiger partial charge in [-0.05, 0) is 45.3 Å². The summed E-state index contributed by atoms with van der Waals surface area (Å²) < 4.78 is 22.8. The Morgan fingerprint density at radius 1 is 0.941 bits per heavy atom. The molecule has 34 heavy (non-hydrogen) atoms. The summed E-state index contributed by atoms with van der Waals surface area (Å²) in [5.41, 5.74) is 0.797. The lowest BCUT2D eigenvalue weighted by molar-refractivity contribution is 0.245. The van der Waals surface area contributed by atoms with Crippen LogP contribution in [0, 0.1) is 10.6 Å². The number of hydrogen-bond donors (Lipinski definition) is 2. The standard InChI is InChI=1S/C27H29FN2O2SSi/c1-27(2,3)34(22-10-6-4-7-11-22,23-12-8-5-9-13-23)32-19-24(20-14-16-21(28)17-15-20)30-25(31)18-29-26(30)33/h4-18,24,31H,19H2,1-3H3,(H,29,33)/t24-/m1/s1. The van der Waals surface area contributed by atoms with E-state index in [1.54, 1.807) is 16.7 Å². The predicted octanol–water partition coefficient (Wildman–Crippen LogP) is 5.56. The van der Waals surface area contributed by atoms with Gasteiger partial charge in [-0.1, -0.05) is 93.6 Å². The van der Waals surface area contributed by atoms with Crippen molar-refractivity contribution in [2.24, 2.45) is 0 Å². The van der Waals surface area contributed by atoms with E-state index in [1.165, 1.54) is 18.3 Å². The number of H-pyrrole nitrogens is 1. The quantitative estimate of drug-likeness (QED) is 0.262. The van der Waals surface area contributed by atoms with Crippen LogP contribution < -0.4 is 10.4 Å². The van der Waals surface area contributed by atoms with Gasteiger partial charge in [0.2, 0.25) is 5.88 Å². The van der Waals surface area contributed by atoms with Gasteiger partial charge in [-0.2, -0.15) is 0 Å². The highest BCUT2D eigenvalue weighted by Crippen LogP contribution is 2.38. The van der Waals surface area contributed by atoms with Gasteiger partial charge in [-0.15, -0.1) is 0 Å². The lowest BCUT2D eigenvalue weighted by Gasteiger charge is -2.43. The Balaban J connectivity index is 1.86. The molecule has 2 N–H and O–H groups in total. The number of aromatic hydroxyl groups is 1. The minimum Gasteiger partial charge on any atom is -0.493 e. The first-order valence-corrected chi connectivity index (χ1v) is 13.5. The van der Waals surface area contributed by atoms with E-state index in [0.29, 0.717) is 4.77 Å². The maximum atomic E-state index is 13.7. The Labute approximate surface area is 205 Å². The largest absolute Gasteiger partial charge is 0.493 e. The number of aromatic nitrogens is 2. The van der Waals surface area contributed by atoms with Crippen LogP contribution in [0.5, 0.6) is 5.88 Å². The molecule has 0 amide bonds. The summed E-state index contributed by atoms with van der Waals surface area (Å²) in [6.07, 6.45) is 1.46. The SMILES string of the molecule is CC(C)(C)[Si](OC[C@H](c1ccc(F)cc1)n1c(O)c[nH]c1=S)(c1ccccc1)c1ccccc1. The average molecular weight is 493 g/mol. The number of halogens is 1. The molecule has 0 bridgehead atoms. The third-order valence-corrected chi connectivity index (χ3v) is 11.6. The van der Waals surface area contributed by atoms with Crippen molar-refractivity contribution in [1.29, 1.82) is 0 Å². The zero-order valence-electron chi connectivity index (χ0n) is 19.5. The van der Waals surface area contributed by atoms with Crippen molar-refractivity contribution in [1.82, 2.24) is 9.55 Å². The molecule has 4 aromatic rings. The second-order valence-corrected chi connectivity index (χ2v) is 14.1. The summed E-state index contributed by atoms with van der Waals surface area (Å²) in [5.74, 6) is -0.317. The number of nitrogens with zero attached hydrogens (tertiary/aromatic N) is 1. The Kier molecular flexibility index (Phi) is 6.88. The van der Waals surface area contributed by atoms with Crippen LogP contribution >= 0.6 is 12.2 Å². The average Bonchev–Trinajstić information content (AvgIpc) is 3.16. The second-order valence-electron chi connectivity index (χ2n) is 9.36. The summed E-state index contributed by atoms with van der Waals surface area (Å²) in [7, 11) is -2.82. The van der Waals surface area contributed by atoms with Crippen LogP contribution in [0.2, 0.25) is 5.04 Å². The van der Waals surface area contributed by atoms with Gasteiger partial charge < -0.3 is 14.5 Å². The van der Waals surface area contributed by atoms with E-state index in [-0.39, 0.29) is 23.3 Å². The Bertz CT molecular complexity index is 1240. The lowest BCUT2D eigenvalue weighted by atomic mass is 10.1. The molecule has 0 fully saturated rings. The van der Waals surface area contributed by atoms with E-state index in [9.17, 15) is 9.50 Å². The van der Waals surface area contributed by atoms with E-state index in [0.717, 1.165) is 15.9 Å². The molecule has 0 unspecified atom stereocenters. The van der Waals surface area contributed by atoms with Gasteiger partial charge in [0.1, 0.15) is 5.82 Å². The zero-order valence-corrected chi connectivity index (χ0v) is 21.4. The van der Waals surface area contributed by atoms with Gasteiger partial charge >= 0.3 is 0 Å². The van der Waals surface area contributed by atoms with E-state index in [4.69, 9.17) is 16.6 Å². The maximum absolute atomic E-state index is 13.7. The van der Waals surface area contributed by atoms with E-state index >= 15 is 0 Å². The third-order valence-electron chi connectivity index (χ3n) is 6.23. The smallest absolute Gasteiger partial charge is 0.261 e. The van der Waals surface area contributed by atoms with Crippen LogP contribution in [0.25, 0.3) is 0 Å². The van der Waals surface area contributed by atoms with E-state index in [1.807, 2.05) is 36.4 Å². The topological polar surface area (TPSA) is 50.2 Å². The highest BCUT2D eigenvalue weighted by atomic mass is 32.1. The summed E-state index contributed by atoms with van der Waals surface area (Å²) in [6, 6.07) is 26.5.